The molecule has 1 aromatic carbocycles. The van der Waals surface area contributed by atoms with E-state index in [2.05, 4.69) is 53.0 Å². The summed E-state index contributed by atoms with van der Waals surface area (Å²) in [5, 5.41) is 12.3. The average Bonchev–Trinajstić information content (AvgIpc) is 3.14. The van der Waals surface area contributed by atoms with E-state index in [0.29, 0.717) is 31.9 Å². The van der Waals surface area contributed by atoms with Crippen molar-refractivity contribution in [1.29, 1.82) is 0 Å². The number of nitrogens with one attached hydrogen (secondary N) is 2. The first kappa shape index (κ1) is 29.2. The number of hydrogen-bond acceptors (Lipinski definition) is 6. The molecular weight excluding hydrogens is 450 g/mol. The van der Waals surface area contributed by atoms with Crippen molar-refractivity contribution in [1.82, 2.24) is 15.6 Å². The molecule has 36 heavy (non-hydrogen) atoms. The second kappa shape index (κ2) is 15.9. The number of ether oxygens (including phenoxy) is 1. The van der Waals surface area contributed by atoms with Crippen LogP contribution >= 0.6 is 0 Å². The van der Waals surface area contributed by atoms with Crippen LogP contribution in [0.1, 0.15) is 64.0 Å². The van der Waals surface area contributed by atoms with Crippen LogP contribution in [-0.4, -0.2) is 43.0 Å². The van der Waals surface area contributed by atoms with Crippen molar-refractivity contribution in [3.63, 3.8) is 0 Å². The van der Waals surface area contributed by atoms with E-state index in [1.807, 2.05) is 56.3 Å². The third kappa shape index (κ3) is 10.7. The van der Waals surface area contributed by atoms with E-state index in [9.17, 15) is 4.79 Å². The Labute approximate surface area is 216 Å². The van der Waals surface area contributed by atoms with Crippen LogP contribution in [0.15, 0.2) is 71.5 Å². The SMILES string of the molecule is CC(C)(N)COCc1cccc(C2=CCC(NC=O)=NN2C2=CCC=CC=C2)c1.CCCCCNC. The largest absolute Gasteiger partial charge is 0.375 e. The van der Waals surface area contributed by atoms with Crippen LogP contribution in [0.3, 0.4) is 0 Å². The van der Waals surface area contributed by atoms with Gasteiger partial charge in [0.05, 0.1) is 24.6 Å². The molecule has 4 N–H and O–H groups in total. The average molecular weight is 494 g/mol. The van der Waals surface area contributed by atoms with Crippen LogP contribution in [-0.2, 0) is 16.1 Å². The minimum atomic E-state index is -0.358. The Bertz CT molecular complexity index is 966. The molecule has 1 amide bonds. The highest BCUT2D eigenvalue weighted by molar-refractivity contribution is 5.94. The molecule has 1 heterocycles. The molecule has 0 aromatic heterocycles. The van der Waals surface area contributed by atoms with E-state index in [0.717, 1.165) is 28.9 Å². The number of carbonyl (C=O) groups is 1. The van der Waals surface area contributed by atoms with Gasteiger partial charge in [-0.05, 0) is 58.0 Å². The number of amidine groups is 1. The van der Waals surface area contributed by atoms with Crippen molar-refractivity contribution in [3.05, 3.63) is 77.5 Å². The van der Waals surface area contributed by atoms with E-state index in [-0.39, 0.29) is 5.54 Å². The molecule has 0 spiro atoms. The maximum atomic E-state index is 10.9. The van der Waals surface area contributed by atoms with Crippen molar-refractivity contribution in [2.45, 2.75) is 65.0 Å². The predicted octanol–water partition coefficient (Wildman–Crippen LogP) is 4.84. The van der Waals surface area contributed by atoms with Crippen LogP contribution in [0.4, 0.5) is 0 Å². The zero-order valence-electron chi connectivity index (χ0n) is 22.3. The zero-order valence-corrected chi connectivity index (χ0v) is 22.3. The Kier molecular flexibility index (Phi) is 12.9. The Morgan fingerprint density at radius 3 is 2.78 bits per heavy atom. The molecule has 7 heteroatoms. The lowest BCUT2D eigenvalue weighted by Gasteiger charge is -2.28. The van der Waals surface area contributed by atoms with Gasteiger partial charge in [-0.1, -0.05) is 68.3 Å². The van der Waals surface area contributed by atoms with Gasteiger partial charge in [0, 0.05) is 17.5 Å². The number of hydrazone groups is 1. The van der Waals surface area contributed by atoms with Crippen LogP contribution in [0.2, 0.25) is 0 Å². The minimum Gasteiger partial charge on any atom is -0.375 e. The lowest BCUT2D eigenvalue weighted by Crippen LogP contribution is -2.37. The third-order valence-corrected chi connectivity index (χ3v) is 5.38. The maximum Gasteiger partial charge on any atom is 0.212 e. The lowest BCUT2D eigenvalue weighted by atomic mass is 10.1. The van der Waals surface area contributed by atoms with Gasteiger partial charge < -0.3 is 21.1 Å². The van der Waals surface area contributed by atoms with Crippen molar-refractivity contribution < 1.29 is 9.53 Å². The molecule has 0 saturated heterocycles. The number of nitrogens with zero attached hydrogens (tertiary/aromatic N) is 2. The van der Waals surface area contributed by atoms with Gasteiger partial charge in [0.1, 0.15) is 5.84 Å². The molecule has 0 saturated carbocycles. The number of rotatable bonds is 11. The molecule has 0 radical (unpaired) electrons. The number of carbonyl (C=O) groups excluding carboxylic acids is 1. The highest BCUT2D eigenvalue weighted by Crippen LogP contribution is 2.30. The van der Waals surface area contributed by atoms with E-state index in [4.69, 9.17) is 10.5 Å². The maximum absolute atomic E-state index is 10.9. The quantitative estimate of drug-likeness (QED) is 0.303. The van der Waals surface area contributed by atoms with Crippen molar-refractivity contribution in [2.24, 2.45) is 10.8 Å². The van der Waals surface area contributed by atoms with Crippen LogP contribution in [0.25, 0.3) is 5.70 Å². The van der Waals surface area contributed by atoms with Gasteiger partial charge in [-0.15, -0.1) is 0 Å². The molecule has 1 aliphatic heterocycles. The summed E-state index contributed by atoms with van der Waals surface area (Å²) in [6.07, 6.45) is 18.3. The fourth-order valence-electron chi connectivity index (χ4n) is 3.62. The fourth-order valence-corrected chi connectivity index (χ4v) is 3.62. The van der Waals surface area contributed by atoms with E-state index in [1.54, 1.807) is 0 Å². The number of amides is 1. The first-order valence-corrected chi connectivity index (χ1v) is 12.8. The molecule has 0 atom stereocenters. The Morgan fingerprint density at radius 2 is 2.06 bits per heavy atom. The number of nitrogens with two attached hydrogens (primary N) is 1. The molecule has 0 unspecified atom stereocenters. The topological polar surface area (TPSA) is 92.0 Å². The predicted molar refractivity (Wildman–Crippen MR) is 150 cm³/mol. The lowest BCUT2D eigenvalue weighted by molar-refractivity contribution is -0.108. The van der Waals surface area contributed by atoms with Gasteiger partial charge in [-0.2, -0.15) is 5.10 Å². The first-order chi connectivity index (χ1) is 17.4. The van der Waals surface area contributed by atoms with E-state index in [1.165, 1.54) is 25.8 Å². The highest BCUT2D eigenvalue weighted by Gasteiger charge is 2.20. The summed E-state index contributed by atoms with van der Waals surface area (Å²) in [5.74, 6) is 0.611. The Balaban J connectivity index is 0.000000572. The fraction of sp³-hybridized carbons (Fsp3) is 0.448. The van der Waals surface area contributed by atoms with Gasteiger partial charge in [0.25, 0.3) is 0 Å². The van der Waals surface area contributed by atoms with Gasteiger partial charge >= 0.3 is 0 Å². The molecule has 2 aliphatic rings. The number of allylic oxidation sites excluding steroid dienone is 5. The third-order valence-electron chi connectivity index (χ3n) is 5.38. The van der Waals surface area contributed by atoms with Crippen molar-refractivity contribution in [3.8, 4) is 0 Å². The van der Waals surface area contributed by atoms with Crippen LogP contribution in [0.5, 0.6) is 0 Å². The Hall–Kier alpha value is -3.00. The van der Waals surface area contributed by atoms with E-state index >= 15 is 0 Å². The summed E-state index contributed by atoms with van der Waals surface area (Å²) >= 11 is 0. The molecule has 0 fully saturated rings. The molecule has 7 nitrogen and oxygen atoms in total. The summed E-state index contributed by atoms with van der Waals surface area (Å²) in [5.41, 5.74) is 9.67. The molecule has 1 aliphatic carbocycles. The zero-order chi connectivity index (χ0) is 26.2. The minimum absolute atomic E-state index is 0.358. The number of hydrogen-bond donors (Lipinski definition) is 3. The monoisotopic (exact) mass is 493 g/mol. The van der Waals surface area contributed by atoms with Crippen molar-refractivity contribution in [2.75, 3.05) is 20.2 Å². The van der Waals surface area contributed by atoms with Crippen LogP contribution < -0.4 is 16.4 Å². The summed E-state index contributed by atoms with van der Waals surface area (Å²) in [6, 6.07) is 8.22. The normalized spacial score (nSPS) is 15.2. The number of unbranched alkanes of at least 4 members (excludes halogenated alkanes) is 2. The van der Waals surface area contributed by atoms with Crippen molar-refractivity contribution >= 4 is 17.9 Å². The summed E-state index contributed by atoms with van der Waals surface area (Å²) in [7, 11) is 2.00. The number of benzene rings is 1. The summed E-state index contributed by atoms with van der Waals surface area (Å²) < 4.78 is 5.77. The van der Waals surface area contributed by atoms with Gasteiger partial charge in [0.15, 0.2) is 0 Å². The van der Waals surface area contributed by atoms with E-state index < -0.39 is 0 Å². The van der Waals surface area contributed by atoms with Gasteiger partial charge in [0.2, 0.25) is 6.41 Å². The van der Waals surface area contributed by atoms with Gasteiger partial charge in [-0.3, -0.25) is 4.79 Å². The molecule has 0 bridgehead atoms. The highest BCUT2D eigenvalue weighted by atomic mass is 16.5. The molecular formula is C29H43N5O2. The molecule has 3 rings (SSSR count). The first-order valence-electron chi connectivity index (χ1n) is 12.8. The summed E-state index contributed by atoms with van der Waals surface area (Å²) in [4.78, 5) is 10.9. The Morgan fingerprint density at radius 1 is 1.22 bits per heavy atom. The smallest absolute Gasteiger partial charge is 0.212 e. The standard InChI is InChI=1S/C23H28N4O2.C6H15N/c1-23(2,24)16-29-15-18-8-7-9-19(14-18)21-12-13-22(25-17-28)26-27(21)20-10-5-3-4-6-11-20;1-3-4-5-6-7-2/h3-5,7-12,14,17H,6,13,15-16,24H2,1-2H3,(H,25,26,28);7H,3-6H2,1-2H3. The van der Waals surface area contributed by atoms with Crippen LogP contribution in [0, 0.1) is 0 Å². The summed E-state index contributed by atoms with van der Waals surface area (Å²) in [6.45, 7) is 8.26. The molecule has 1 aromatic rings. The second-order valence-corrected chi connectivity index (χ2v) is 9.56. The molecule has 196 valence electrons. The second-order valence-electron chi connectivity index (χ2n) is 9.56. The van der Waals surface area contributed by atoms with Gasteiger partial charge in [-0.25, -0.2) is 5.01 Å².